The molecule has 0 spiro atoms. The summed E-state index contributed by atoms with van der Waals surface area (Å²) in [5.41, 5.74) is 3.78. The van der Waals surface area contributed by atoms with E-state index in [0.29, 0.717) is 17.0 Å². The van der Waals surface area contributed by atoms with Gasteiger partial charge in [-0.2, -0.15) is 0 Å². The molecule has 0 radical (unpaired) electrons. The highest BCUT2D eigenvalue weighted by atomic mass is 35.5. The van der Waals surface area contributed by atoms with Crippen LogP contribution in [0.2, 0.25) is 5.02 Å². The van der Waals surface area contributed by atoms with Crippen LogP contribution in [0.25, 0.3) is 5.57 Å². The highest BCUT2D eigenvalue weighted by Gasteiger charge is 2.40. The standard InChI is InChI=1S/C25H20ClFN2O3/c1-14-10-15(2)12-17(11-14)28-23-22(16-4-7-19(32-3)8-5-16)24(30)29(25(23)31)18-6-9-21(27)20(26)13-18/h4-13,28H,1-3H3. The van der Waals surface area contributed by atoms with Gasteiger partial charge in [0.05, 0.1) is 23.4 Å². The van der Waals surface area contributed by atoms with Crippen LogP contribution in [0, 0.1) is 19.7 Å². The number of benzene rings is 3. The fourth-order valence-corrected chi connectivity index (χ4v) is 3.90. The number of carbonyl (C=O) groups is 2. The van der Waals surface area contributed by atoms with Crippen LogP contribution in [-0.2, 0) is 9.59 Å². The van der Waals surface area contributed by atoms with Crippen LogP contribution < -0.4 is 15.0 Å². The van der Waals surface area contributed by atoms with Crippen molar-refractivity contribution < 1.29 is 18.7 Å². The lowest BCUT2D eigenvalue weighted by atomic mass is 10.0. The highest BCUT2D eigenvalue weighted by Crippen LogP contribution is 2.35. The van der Waals surface area contributed by atoms with Crippen molar-refractivity contribution >= 4 is 40.4 Å². The van der Waals surface area contributed by atoms with E-state index in [1.807, 2.05) is 32.0 Å². The molecular formula is C25H20ClFN2O3. The maximum absolute atomic E-state index is 13.7. The molecule has 0 saturated heterocycles. The second-order valence-corrected chi connectivity index (χ2v) is 7.93. The molecule has 1 heterocycles. The van der Waals surface area contributed by atoms with Gasteiger partial charge in [0, 0.05) is 5.69 Å². The molecule has 3 aromatic carbocycles. The summed E-state index contributed by atoms with van der Waals surface area (Å²) in [7, 11) is 1.55. The summed E-state index contributed by atoms with van der Waals surface area (Å²) in [6.07, 6.45) is 0. The van der Waals surface area contributed by atoms with E-state index in [1.54, 1.807) is 31.4 Å². The molecule has 0 aromatic heterocycles. The first-order valence-electron chi connectivity index (χ1n) is 9.86. The first kappa shape index (κ1) is 21.6. The van der Waals surface area contributed by atoms with Crippen LogP contribution in [0.15, 0.2) is 66.4 Å². The van der Waals surface area contributed by atoms with Crippen molar-refractivity contribution in [1.29, 1.82) is 0 Å². The van der Waals surface area contributed by atoms with Crippen LogP contribution in [-0.4, -0.2) is 18.9 Å². The largest absolute Gasteiger partial charge is 0.497 e. The molecule has 5 nitrogen and oxygen atoms in total. The Morgan fingerprint density at radius 1 is 0.906 bits per heavy atom. The maximum atomic E-state index is 13.7. The third-order valence-corrected chi connectivity index (χ3v) is 5.40. The summed E-state index contributed by atoms with van der Waals surface area (Å²) in [5.74, 6) is -1.10. The van der Waals surface area contributed by atoms with Crippen LogP contribution in [0.4, 0.5) is 15.8 Å². The Hall–Kier alpha value is -3.64. The molecule has 0 atom stereocenters. The second kappa shape index (κ2) is 8.48. The predicted molar refractivity (Wildman–Crippen MR) is 123 cm³/mol. The summed E-state index contributed by atoms with van der Waals surface area (Å²) in [6, 6.07) is 16.4. The smallest absolute Gasteiger partial charge is 0.282 e. The third-order valence-electron chi connectivity index (χ3n) is 5.12. The van der Waals surface area contributed by atoms with Crippen molar-refractivity contribution in [3.05, 3.63) is 93.9 Å². The average Bonchev–Trinajstić information content (AvgIpc) is 2.99. The Morgan fingerprint density at radius 3 is 2.16 bits per heavy atom. The van der Waals surface area contributed by atoms with Crippen molar-refractivity contribution in [2.45, 2.75) is 13.8 Å². The molecule has 0 aliphatic carbocycles. The zero-order chi connectivity index (χ0) is 23.0. The van der Waals surface area contributed by atoms with Gasteiger partial charge < -0.3 is 10.1 Å². The number of rotatable bonds is 5. The number of halogens is 2. The molecule has 3 aromatic rings. The summed E-state index contributed by atoms with van der Waals surface area (Å²) in [6.45, 7) is 3.90. The Bertz CT molecular complexity index is 1250. The molecule has 1 N–H and O–H groups in total. The molecule has 162 valence electrons. The van der Waals surface area contributed by atoms with Crippen LogP contribution in [0.5, 0.6) is 5.75 Å². The number of nitrogens with one attached hydrogen (secondary N) is 1. The first-order valence-corrected chi connectivity index (χ1v) is 10.2. The molecule has 0 bridgehead atoms. The van der Waals surface area contributed by atoms with Crippen molar-refractivity contribution in [2.24, 2.45) is 0 Å². The van der Waals surface area contributed by atoms with Crippen LogP contribution in [0.1, 0.15) is 16.7 Å². The number of aryl methyl sites for hydroxylation is 2. The predicted octanol–water partition coefficient (Wildman–Crippen LogP) is 5.50. The minimum atomic E-state index is -0.633. The minimum absolute atomic E-state index is 0.130. The number of nitrogens with zero attached hydrogens (tertiary/aromatic N) is 1. The molecule has 0 unspecified atom stereocenters. The van der Waals surface area contributed by atoms with Gasteiger partial charge in [0.25, 0.3) is 11.8 Å². The van der Waals surface area contributed by atoms with Crippen molar-refractivity contribution in [2.75, 3.05) is 17.3 Å². The number of amides is 2. The molecular weight excluding hydrogens is 431 g/mol. The van der Waals surface area contributed by atoms with Gasteiger partial charge in [-0.25, -0.2) is 9.29 Å². The maximum Gasteiger partial charge on any atom is 0.282 e. The van der Waals surface area contributed by atoms with Gasteiger partial charge in [-0.3, -0.25) is 9.59 Å². The van der Waals surface area contributed by atoms with E-state index >= 15 is 0 Å². The quantitative estimate of drug-likeness (QED) is 0.521. The molecule has 7 heteroatoms. The number of hydrogen-bond acceptors (Lipinski definition) is 4. The SMILES string of the molecule is COc1ccc(C2=C(Nc3cc(C)cc(C)c3)C(=O)N(c3ccc(F)c(Cl)c3)C2=O)cc1. The molecule has 2 amide bonds. The van der Waals surface area contributed by atoms with Crippen LogP contribution >= 0.6 is 11.6 Å². The van der Waals surface area contributed by atoms with E-state index < -0.39 is 17.6 Å². The molecule has 0 fully saturated rings. The zero-order valence-corrected chi connectivity index (χ0v) is 18.5. The van der Waals surface area contributed by atoms with Gasteiger partial charge in [0.2, 0.25) is 0 Å². The van der Waals surface area contributed by atoms with Gasteiger partial charge in [-0.15, -0.1) is 0 Å². The lowest BCUT2D eigenvalue weighted by Crippen LogP contribution is -2.32. The Labute approximate surface area is 190 Å². The van der Waals surface area contributed by atoms with Gasteiger partial charge >= 0.3 is 0 Å². The topological polar surface area (TPSA) is 58.6 Å². The van der Waals surface area contributed by atoms with E-state index in [4.69, 9.17) is 16.3 Å². The Balaban J connectivity index is 1.83. The lowest BCUT2D eigenvalue weighted by molar-refractivity contribution is -0.120. The van der Waals surface area contributed by atoms with E-state index in [2.05, 4.69) is 5.32 Å². The number of ether oxygens (including phenoxy) is 1. The second-order valence-electron chi connectivity index (χ2n) is 7.52. The number of anilines is 2. The van der Waals surface area contributed by atoms with Crippen molar-refractivity contribution in [3.63, 3.8) is 0 Å². The molecule has 32 heavy (non-hydrogen) atoms. The minimum Gasteiger partial charge on any atom is -0.497 e. The number of imide groups is 1. The number of hydrogen-bond donors (Lipinski definition) is 1. The van der Waals surface area contributed by atoms with Gasteiger partial charge in [-0.1, -0.05) is 29.8 Å². The van der Waals surface area contributed by atoms with Gasteiger partial charge in [0.1, 0.15) is 17.3 Å². The van der Waals surface area contributed by atoms with E-state index in [-0.39, 0.29) is 22.0 Å². The summed E-state index contributed by atoms with van der Waals surface area (Å²) < 4.78 is 18.9. The summed E-state index contributed by atoms with van der Waals surface area (Å²) in [4.78, 5) is 27.9. The Kier molecular flexibility index (Phi) is 5.72. The summed E-state index contributed by atoms with van der Waals surface area (Å²) >= 11 is 5.91. The van der Waals surface area contributed by atoms with Gasteiger partial charge in [0.15, 0.2) is 0 Å². The normalized spacial score (nSPS) is 13.7. The van der Waals surface area contributed by atoms with Crippen LogP contribution in [0.3, 0.4) is 0 Å². The zero-order valence-electron chi connectivity index (χ0n) is 17.7. The fraction of sp³-hybridized carbons (Fsp3) is 0.120. The summed E-state index contributed by atoms with van der Waals surface area (Å²) in [5, 5.41) is 2.96. The fourth-order valence-electron chi connectivity index (χ4n) is 3.72. The van der Waals surface area contributed by atoms with E-state index in [9.17, 15) is 14.0 Å². The van der Waals surface area contributed by atoms with Crippen molar-refractivity contribution in [1.82, 2.24) is 0 Å². The third kappa shape index (κ3) is 3.97. The monoisotopic (exact) mass is 450 g/mol. The van der Waals surface area contributed by atoms with E-state index in [0.717, 1.165) is 22.1 Å². The number of methoxy groups -OCH3 is 1. The van der Waals surface area contributed by atoms with Gasteiger partial charge in [-0.05, 0) is 73.0 Å². The average molecular weight is 451 g/mol. The van der Waals surface area contributed by atoms with Crippen molar-refractivity contribution in [3.8, 4) is 5.75 Å². The highest BCUT2D eigenvalue weighted by molar-refractivity contribution is 6.46. The lowest BCUT2D eigenvalue weighted by Gasteiger charge is -2.16. The molecule has 4 rings (SSSR count). The molecule has 0 saturated carbocycles. The number of carbonyl (C=O) groups excluding carboxylic acids is 2. The molecule has 1 aliphatic heterocycles. The first-order chi connectivity index (χ1) is 15.3. The Morgan fingerprint density at radius 2 is 1.56 bits per heavy atom. The molecule has 1 aliphatic rings. The van der Waals surface area contributed by atoms with E-state index in [1.165, 1.54) is 12.1 Å².